The van der Waals surface area contributed by atoms with Crippen LogP contribution in [0.4, 0.5) is 10.2 Å². The van der Waals surface area contributed by atoms with Gasteiger partial charge in [0.25, 0.3) is 0 Å². The highest BCUT2D eigenvalue weighted by Crippen LogP contribution is 2.24. The number of benzene rings is 1. The minimum absolute atomic E-state index is 0.00664. The van der Waals surface area contributed by atoms with Gasteiger partial charge < -0.3 is 5.73 Å². The van der Waals surface area contributed by atoms with E-state index in [2.05, 4.69) is 40.6 Å². The van der Waals surface area contributed by atoms with E-state index in [0.717, 1.165) is 10.6 Å². The predicted octanol–water partition coefficient (Wildman–Crippen LogP) is 1.36. The number of rotatable bonds is 2. The van der Waals surface area contributed by atoms with E-state index in [1.54, 1.807) is 0 Å². The molecule has 3 rings (SSSR count). The zero-order chi connectivity index (χ0) is 15.1. The predicted molar refractivity (Wildman–Crippen MR) is 67.5 cm³/mol. The van der Waals surface area contributed by atoms with Gasteiger partial charge in [-0.1, -0.05) is 5.16 Å². The number of halogens is 2. The second-order valence-corrected chi connectivity index (χ2v) is 4.48. The van der Waals surface area contributed by atoms with Crippen molar-refractivity contribution >= 4 is 21.7 Å². The molecule has 1 aromatic carbocycles. The van der Waals surface area contributed by atoms with Crippen LogP contribution in [0.2, 0.25) is 0 Å². The van der Waals surface area contributed by atoms with Gasteiger partial charge in [-0.15, -0.1) is 0 Å². The Morgan fingerprint density at radius 3 is 2.90 bits per heavy atom. The van der Waals surface area contributed by atoms with Crippen LogP contribution < -0.4 is 11.5 Å². The molecular formula is C10H5BrFN5O3. The maximum absolute atomic E-state index is 13.5. The van der Waals surface area contributed by atoms with Crippen LogP contribution in [-0.2, 0) is 0 Å². The highest BCUT2D eigenvalue weighted by atomic mass is 79.9. The van der Waals surface area contributed by atoms with Gasteiger partial charge in [-0.3, -0.25) is 4.52 Å². The van der Waals surface area contributed by atoms with Gasteiger partial charge in [0, 0.05) is 0 Å². The van der Waals surface area contributed by atoms with Crippen LogP contribution in [0.25, 0.3) is 17.2 Å². The molecule has 0 aliphatic carbocycles. The molecule has 0 saturated carbocycles. The van der Waals surface area contributed by atoms with Crippen LogP contribution in [-0.4, -0.2) is 20.0 Å². The normalized spacial score (nSPS) is 11.6. The van der Waals surface area contributed by atoms with Gasteiger partial charge >= 0.3 is 5.76 Å². The lowest BCUT2D eigenvalue weighted by Gasteiger charge is -2.03. The van der Waals surface area contributed by atoms with Gasteiger partial charge in [0.2, 0.25) is 5.82 Å². The molecule has 0 spiro atoms. The molecule has 102 valence electrons. The van der Waals surface area contributed by atoms with Crippen molar-refractivity contribution in [1.82, 2.24) is 20.0 Å². The first kappa shape index (κ1) is 11.3. The van der Waals surface area contributed by atoms with Crippen LogP contribution in [0.3, 0.4) is 0 Å². The molecule has 0 bridgehead atoms. The number of hydrogen-bond donors (Lipinski definition) is 1. The van der Waals surface area contributed by atoms with Crippen LogP contribution in [0.1, 0.15) is 1.37 Å². The highest BCUT2D eigenvalue weighted by Gasteiger charge is 2.21. The van der Waals surface area contributed by atoms with Gasteiger partial charge in [-0.2, -0.15) is 0 Å². The molecule has 10 heteroatoms. The Labute approximate surface area is 119 Å². The minimum Gasteiger partial charge on any atom is -0.379 e. The van der Waals surface area contributed by atoms with Gasteiger partial charge in [0.15, 0.2) is 11.5 Å². The summed E-state index contributed by atoms with van der Waals surface area (Å²) in [6.45, 7) is 0. The molecule has 3 aromatic rings. The monoisotopic (exact) mass is 342 g/mol. The fraction of sp³-hybridized carbons (Fsp3) is 0. The molecule has 0 aliphatic heterocycles. The van der Waals surface area contributed by atoms with E-state index in [4.69, 9.17) is 7.10 Å². The van der Waals surface area contributed by atoms with Crippen LogP contribution in [0.5, 0.6) is 0 Å². The first-order chi connectivity index (χ1) is 9.99. The Kier molecular flexibility index (Phi) is 2.59. The third kappa shape index (κ3) is 1.90. The fourth-order valence-corrected chi connectivity index (χ4v) is 1.90. The second-order valence-electron chi connectivity index (χ2n) is 3.63. The maximum Gasteiger partial charge on any atom is 0.446 e. The smallest absolute Gasteiger partial charge is 0.379 e. The molecule has 0 aliphatic rings. The van der Waals surface area contributed by atoms with Crippen LogP contribution in [0, 0.1) is 5.82 Å². The Balaban J connectivity index is 2.27. The summed E-state index contributed by atoms with van der Waals surface area (Å²) in [6.07, 6.45) is 0. The Hall–Kier alpha value is -2.49. The largest absolute Gasteiger partial charge is 0.446 e. The first-order valence-electron chi connectivity index (χ1n) is 5.62. The lowest BCUT2D eigenvalue weighted by molar-refractivity contribution is 0.310. The second kappa shape index (κ2) is 4.56. The molecule has 0 fully saturated rings. The van der Waals surface area contributed by atoms with Gasteiger partial charge in [0.1, 0.15) is 5.82 Å². The molecule has 0 saturated heterocycles. The molecule has 8 nitrogen and oxygen atoms in total. The number of anilines is 1. The number of nitrogens with two attached hydrogens (primary N) is 1. The molecule has 0 atom stereocenters. The summed E-state index contributed by atoms with van der Waals surface area (Å²) in [5, 5.41) is 10.4. The summed E-state index contributed by atoms with van der Waals surface area (Å²) in [5.41, 5.74) is 5.69. The van der Waals surface area contributed by atoms with Crippen molar-refractivity contribution in [2.24, 2.45) is 0 Å². The van der Waals surface area contributed by atoms with Crippen molar-refractivity contribution in [3.63, 3.8) is 0 Å². The summed E-state index contributed by atoms with van der Waals surface area (Å²) < 4.78 is 31.0. The fourth-order valence-electron chi connectivity index (χ4n) is 1.55. The molecule has 0 unspecified atom stereocenters. The minimum atomic E-state index is -0.856. The van der Waals surface area contributed by atoms with E-state index in [1.807, 2.05) is 0 Å². The third-order valence-corrected chi connectivity index (χ3v) is 3.00. The van der Waals surface area contributed by atoms with Crippen molar-refractivity contribution in [2.45, 2.75) is 0 Å². The summed E-state index contributed by atoms with van der Waals surface area (Å²) in [6, 6.07) is 2.01. The SMILES string of the molecule is [2H]c1cc(-n2c(-c3nonc3N)noc2=O)cc(Br)c1F. The van der Waals surface area contributed by atoms with E-state index in [1.165, 1.54) is 6.07 Å². The van der Waals surface area contributed by atoms with E-state index in [0.29, 0.717) is 0 Å². The highest BCUT2D eigenvalue weighted by molar-refractivity contribution is 9.10. The van der Waals surface area contributed by atoms with Crippen molar-refractivity contribution in [3.05, 3.63) is 39.0 Å². The number of nitrogens with zero attached hydrogens (tertiary/aromatic N) is 4. The summed E-state index contributed by atoms with van der Waals surface area (Å²) in [4.78, 5) is 11.8. The van der Waals surface area contributed by atoms with Crippen LogP contribution >= 0.6 is 15.9 Å². The molecule has 0 amide bonds. The lowest BCUT2D eigenvalue weighted by Crippen LogP contribution is -2.13. The van der Waals surface area contributed by atoms with Crippen molar-refractivity contribution in [3.8, 4) is 17.2 Å². The van der Waals surface area contributed by atoms with Crippen molar-refractivity contribution < 1.29 is 14.9 Å². The number of hydrogen-bond acceptors (Lipinski definition) is 7. The molecule has 2 heterocycles. The Morgan fingerprint density at radius 2 is 2.25 bits per heavy atom. The Bertz CT molecular complexity index is 866. The van der Waals surface area contributed by atoms with E-state index in [9.17, 15) is 9.18 Å². The summed E-state index contributed by atoms with van der Waals surface area (Å²) in [7, 11) is 0. The quantitative estimate of drug-likeness (QED) is 0.747. The van der Waals surface area contributed by atoms with Crippen molar-refractivity contribution in [1.29, 1.82) is 0 Å². The zero-order valence-corrected chi connectivity index (χ0v) is 11.1. The van der Waals surface area contributed by atoms with E-state index >= 15 is 0 Å². The molecule has 2 aromatic heterocycles. The third-order valence-electron chi connectivity index (χ3n) is 2.42. The van der Waals surface area contributed by atoms with Gasteiger partial charge in [-0.05, 0) is 44.4 Å². The topological polar surface area (TPSA) is 113 Å². The van der Waals surface area contributed by atoms with Gasteiger partial charge in [0.05, 0.1) is 11.5 Å². The molecule has 0 radical (unpaired) electrons. The lowest BCUT2D eigenvalue weighted by atomic mass is 10.3. The van der Waals surface area contributed by atoms with E-state index < -0.39 is 17.6 Å². The van der Waals surface area contributed by atoms with E-state index in [-0.39, 0.29) is 27.5 Å². The molecular weight excluding hydrogens is 337 g/mol. The summed E-state index contributed by atoms with van der Waals surface area (Å²) in [5.74, 6) is -1.78. The number of nitrogen functional groups attached to an aromatic ring is 1. The number of aromatic nitrogens is 4. The molecule has 20 heavy (non-hydrogen) atoms. The maximum atomic E-state index is 13.5. The average Bonchev–Trinajstić information content (AvgIpc) is 3.01. The van der Waals surface area contributed by atoms with Gasteiger partial charge in [-0.25, -0.2) is 18.4 Å². The van der Waals surface area contributed by atoms with Crippen LogP contribution in [0.15, 0.2) is 36.6 Å². The zero-order valence-electron chi connectivity index (χ0n) is 10.5. The summed E-state index contributed by atoms with van der Waals surface area (Å²) >= 11 is 2.96. The standard InChI is InChI=1S/C10H5BrFN5O3/c11-5-3-4(1-2-6(5)12)17-9(16-19-10(17)18)7-8(13)15-20-14-7/h1-3H,(H2,13,15)/i2D. The van der Waals surface area contributed by atoms with Crippen molar-refractivity contribution in [2.75, 3.05) is 5.73 Å². The molecule has 2 N–H and O–H groups in total. The first-order valence-corrected chi connectivity index (χ1v) is 5.91. The average molecular weight is 343 g/mol. The Morgan fingerprint density at radius 1 is 1.45 bits per heavy atom.